The molecule has 0 atom stereocenters. The van der Waals surface area contributed by atoms with Crippen molar-refractivity contribution in [1.82, 2.24) is 4.90 Å². The summed E-state index contributed by atoms with van der Waals surface area (Å²) in [7, 11) is 0. The topological polar surface area (TPSA) is 85.0 Å². The Kier molecular flexibility index (Phi) is 5.55. The number of nitrogens with two attached hydrogens (primary N) is 1. The number of likely N-dealkylation sites (N-methyl/N-ethyl adjacent to an activating group) is 1. The molecule has 1 fully saturated rings. The van der Waals surface area contributed by atoms with Crippen LogP contribution in [0.4, 0.5) is 0 Å². The maximum absolute atomic E-state index is 12.4. The number of carbonyl (C=O) groups is 2. The van der Waals surface area contributed by atoms with Gasteiger partial charge in [-0.1, -0.05) is 32.1 Å². The van der Waals surface area contributed by atoms with E-state index in [-0.39, 0.29) is 6.42 Å². The molecule has 0 radical (unpaired) electrons. The van der Waals surface area contributed by atoms with Gasteiger partial charge in [0.15, 0.2) is 5.96 Å². The zero-order chi connectivity index (χ0) is 19.9. The van der Waals surface area contributed by atoms with Gasteiger partial charge in [0.05, 0.1) is 0 Å². The van der Waals surface area contributed by atoms with Crippen LogP contribution in [0.2, 0.25) is 0 Å². The SMILES string of the molecule is [2H]C([2H])([2H])N1CC(=O)OC2(CCCCCCCCCC(=O)N=C1N)CCC2. The van der Waals surface area contributed by atoms with Crippen molar-refractivity contribution in [2.45, 2.75) is 82.7 Å². The molecule has 1 amide bonds. The summed E-state index contributed by atoms with van der Waals surface area (Å²) in [5.41, 5.74) is 5.28. The van der Waals surface area contributed by atoms with Crippen LogP contribution in [0, 0.1) is 0 Å². The Hall–Kier alpha value is -1.59. The lowest BCUT2D eigenvalue weighted by atomic mass is 9.76. The minimum Gasteiger partial charge on any atom is -0.458 e. The highest BCUT2D eigenvalue weighted by Crippen LogP contribution is 2.40. The smallest absolute Gasteiger partial charge is 0.326 e. The number of carbonyl (C=O) groups excluding carboxylic acids is 2. The van der Waals surface area contributed by atoms with Crippen LogP contribution in [0.25, 0.3) is 0 Å². The number of aliphatic imine (C=N–C) groups is 1. The number of rotatable bonds is 0. The molecule has 24 heavy (non-hydrogen) atoms. The molecular formula is C18H31N3O3. The molecule has 1 spiro atoms. The van der Waals surface area contributed by atoms with Crippen LogP contribution in [-0.4, -0.2) is 41.9 Å². The number of guanidine groups is 1. The number of ether oxygens (including phenoxy) is 1. The van der Waals surface area contributed by atoms with Gasteiger partial charge < -0.3 is 15.4 Å². The highest BCUT2D eigenvalue weighted by atomic mass is 16.6. The molecule has 0 saturated heterocycles. The zero-order valence-corrected chi connectivity index (χ0v) is 14.4. The average molecular weight is 340 g/mol. The Morgan fingerprint density at radius 1 is 1.04 bits per heavy atom. The first kappa shape index (κ1) is 14.7. The summed E-state index contributed by atoms with van der Waals surface area (Å²) >= 11 is 0. The largest absolute Gasteiger partial charge is 0.458 e. The average Bonchev–Trinajstić information content (AvgIpc) is 2.53. The number of amides is 1. The number of nitrogens with zero attached hydrogens (tertiary/aromatic N) is 2. The lowest BCUT2D eigenvalue weighted by Crippen LogP contribution is -2.45. The lowest BCUT2D eigenvalue weighted by molar-refractivity contribution is -0.171. The first-order valence-corrected chi connectivity index (χ1v) is 9.08. The van der Waals surface area contributed by atoms with Crippen LogP contribution < -0.4 is 5.73 Å². The van der Waals surface area contributed by atoms with Gasteiger partial charge >= 0.3 is 5.97 Å². The molecule has 1 saturated carbocycles. The van der Waals surface area contributed by atoms with Crippen molar-refractivity contribution in [3.63, 3.8) is 0 Å². The first-order chi connectivity index (χ1) is 12.7. The fourth-order valence-electron chi connectivity index (χ4n) is 3.31. The predicted octanol–water partition coefficient (Wildman–Crippen LogP) is 2.75. The van der Waals surface area contributed by atoms with Crippen molar-refractivity contribution >= 4 is 17.8 Å². The van der Waals surface area contributed by atoms with Gasteiger partial charge in [0.25, 0.3) is 0 Å². The van der Waals surface area contributed by atoms with Crippen molar-refractivity contribution in [3.05, 3.63) is 0 Å². The molecule has 0 aromatic carbocycles. The third kappa shape index (κ3) is 5.80. The number of hydrogen-bond donors (Lipinski definition) is 1. The van der Waals surface area contributed by atoms with Crippen LogP contribution in [-0.2, 0) is 14.3 Å². The minimum absolute atomic E-state index is 0.225. The highest BCUT2D eigenvalue weighted by Gasteiger charge is 2.40. The van der Waals surface area contributed by atoms with E-state index in [1.165, 1.54) is 0 Å². The molecule has 0 bridgehead atoms. The molecule has 6 heteroatoms. The minimum atomic E-state index is -2.68. The molecule has 136 valence electrons. The molecule has 0 aromatic heterocycles. The van der Waals surface area contributed by atoms with Gasteiger partial charge in [-0.2, -0.15) is 4.99 Å². The Morgan fingerprint density at radius 3 is 2.29 bits per heavy atom. The lowest BCUT2D eigenvalue weighted by Gasteiger charge is -2.41. The molecule has 1 aliphatic heterocycles. The van der Waals surface area contributed by atoms with Gasteiger partial charge in [-0.3, -0.25) is 9.59 Å². The van der Waals surface area contributed by atoms with Crippen LogP contribution >= 0.6 is 0 Å². The molecule has 2 aliphatic rings. The molecule has 0 unspecified atom stereocenters. The van der Waals surface area contributed by atoms with Gasteiger partial charge in [-0.05, 0) is 38.5 Å². The maximum atomic E-state index is 12.4. The van der Waals surface area contributed by atoms with Gasteiger partial charge in [-0.15, -0.1) is 0 Å². The fourth-order valence-corrected chi connectivity index (χ4v) is 3.31. The van der Waals surface area contributed by atoms with Gasteiger partial charge in [0, 0.05) is 17.5 Å². The first-order valence-electron chi connectivity index (χ1n) is 10.6. The van der Waals surface area contributed by atoms with E-state index < -0.39 is 37.0 Å². The molecule has 2 N–H and O–H groups in total. The zero-order valence-electron chi connectivity index (χ0n) is 17.4. The monoisotopic (exact) mass is 340 g/mol. The Bertz CT molecular complexity index is 560. The Balaban J connectivity index is 2.13. The van der Waals surface area contributed by atoms with E-state index in [2.05, 4.69) is 4.99 Å². The second-order valence-electron chi connectivity index (χ2n) is 6.94. The van der Waals surface area contributed by atoms with E-state index in [1.807, 2.05) is 0 Å². The van der Waals surface area contributed by atoms with E-state index in [0.29, 0.717) is 11.3 Å². The summed E-state index contributed by atoms with van der Waals surface area (Å²) < 4.78 is 28.5. The van der Waals surface area contributed by atoms with Crippen molar-refractivity contribution < 1.29 is 18.4 Å². The van der Waals surface area contributed by atoms with E-state index in [1.54, 1.807) is 0 Å². The summed E-state index contributed by atoms with van der Waals surface area (Å²) in [6.45, 7) is -3.22. The van der Waals surface area contributed by atoms with Gasteiger partial charge in [0.2, 0.25) is 5.91 Å². The molecule has 1 aliphatic carbocycles. The second kappa shape index (κ2) is 9.04. The standard InChI is InChI=1S/C18H31N3O3/c1-21-14-16(23)24-18(12-9-13-18)11-8-6-4-2-3-5-7-10-15(22)20-17(21)19/h2-14H2,1H3,(H2,19,20,22)/i1D3. The molecule has 6 nitrogen and oxygen atoms in total. The summed E-state index contributed by atoms with van der Waals surface area (Å²) in [4.78, 5) is 28.7. The van der Waals surface area contributed by atoms with Crippen LogP contribution in [0.15, 0.2) is 4.99 Å². The van der Waals surface area contributed by atoms with E-state index >= 15 is 0 Å². The van der Waals surface area contributed by atoms with E-state index in [9.17, 15) is 9.59 Å². The quantitative estimate of drug-likeness (QED) is 0.685. The Labute approximate surface area is 149 Å². The maximum Gasteiger partial charge on any atom is 0.326 e. The fraction of sp³-hybridized carbons (Fsp3) is 0.833. The molecule has 1 heterocycles. The molecule has 2 rings (SSSR count). The van der Waals surface area contributed by atoms with Crippen molar-refractivity contribution in [2.75, 3.05) is 13.5 Å². The summed E-state index contributed by atoms with van der Waals surface area (Å²) in [6.07, 6.45) is 10.7. The Morgan fingerprint density at radius 2 is 1.67 bits per heavy atom. The highest BCUT2D eigenvalue weighted by molar-refractivity contribution is 5.93. The van der Waals surface area contributed by atoms with Crippen LogP contribution in [0.1, 0.15) is 81.2 Å². The van der Waals surface area contributed by atoms with E-state index in [4.69, 9.17) is 14.6 Å². The normalized spacial score (nSPS) is 27.1. The van der Waals surface area contributed by atoms with Crippen molar-refractivity contribution in [1.29, 1.82) is 0 Å². The summed E-state index contributed by atoms with van der Waals surface area (Å²) in [5.74, 6) is -1.56. The summed E-state index contributed by atoms with van der Waals surface area (Å²) in [5, 5.41) is 0. The van der Waals surface area contributed by atoms with E-state index in [0.717, 1.165) is 64.2 Å². The third-order valence-electron chi connectivity index (χ3n) is 4.92. The van der Waals surface area contributed by atoms with Crippen molar-refractivity contribution in [3.8, 4) is 0 Å². The van der Waals surface area contributed by atoms with Crippen LogP contribution in [0.3, 0.4) is 0 Å². The number of esters is 1. The van der Waals surface area contributed by atoms with Crippen LogP contribution in [0.5, 0.6) is 0 Å². The predicted molar refractivity (Wildman–Crippen MR) is 93.5 cm³/mol. The summed E-state index contributed by atoms with van der Waals surface area (Å²) in [6, 6.07) is 0. The molecular weight excluding hydrogens is 306 g/mol. The molecule has 0 aromatic rings. The second-order valence-corrected chi connectivity index (χ2v) is 6.94. The van der Waals surface area contributed by atoms with Crippen molar-refractivity contribution in [2.24, 2.45) is 10.7 Å². The van der Waals surface area contributed by atoms with Gasteiger partial charge in [-0.25, -0.2) is 0 Å². The third-order valence-corrected chi connectivity index (χ3v) is 4.92. The number of hydrogen-bond acceptors (Lipinski definition) is 5. The van der Waals surface area contributed by atoms with Gasteiger partial charge in [0.1, 0.15) is 12.1 Å².